The number of hydroxylamine groups is 8. The predicted molar refractivity (Wildman–Crippen MR) is 299 cm³/mol. The molecule has 0 heterocycles. The molecule has 81 heavy (non-hydrogen) atoms. The minimum atomic E-state index is -2.98. The number of carbonyl (C=O) groups is 4. The molecule has 8 rings (SSSR count). The molecule has 8 aromatic rings. The smallest absolute Gasteiger partial charge is 0.432 e. The van der Waals surface area contributed by atoms with Crippen LogP contribution < -0.4 is 0 Å². The van der Waals surface area contributed by atoms with Crippen LogP contribution in [0.15, 0.2) is 218 Å². The third-order valence-electron chi connectivity index (χ3n) is 13.1. The Kier molecular flexibility index (Phi) is 20.2. The maximum atomic E-state index is 14.6. The standard InChI is InChI=1S/C65H64N4O12/c1-64(2,47-78-60(70)56-31-23-52(24-32-56)43-66(74)39-48-15-7-3-8-16-48)65(79-61(71)57-33-25-53(26-34-57)44-67(75)40-49-17-9-4-10-18-49,80-62(72)58-35-27-54(28-36-58)45-68(76)41-50-19-11-5-12-20-50)81-63(73)59-37-29-55(30-38-59)46-69(77)42-51-21-13-6-14-22-51/h3-38,74-77H,39-47H2,1-2H3. The van der Waals surface area contributed by atoms with Crippen molar-refractivity contribution in [3.05, 3.63) is 285 Å². The Morgan fingerprint density at radius 1 is 0.309 bits per heavy atom. The summed E-state index contributed by atoms with van der Waals surface area (Å²) in [7, 11) is 0. The molecule has 0 saturated heterocycles. The lowest BCUT2D eigenvalue weighted by Gasteiger charge is -2.41. The second-order valence-corrected chi connectivity index (χ2v) is 20.2. The van der Waals surface area contributed by atoms with Crippen LogP contribution in [0.5, 0.6) is 0 Å². The Labute approximate surface area is 470 Å². The van der Waals surface area contributed by atoms with E-state index in [-0.39, 0.29) is 74.6 Å². The van der Waals surface area contributed by atoms with Crippen LogP contribution >= 0.6 is 0 Å². The number of esters is 4. The Balaban J connectivity index is 1.07. The first kappa shape index (κ1) is 58.5. The first-order chi connectivity index (χ1) is 39.1. The molecule has 0 amide bonds. The molecule has 16 nitrogen and oxygen atoms in total. The summed E-state index contributed by atoms with van der Waals surface area (Å²) in [6, 6.07) is 62.3. The maximum absolute atomic E-state index is 14.6. The number of ether oxygens (including phenoxy) is 4. The SMILES string of the molecule is CC(C)(COC(=O)c1ccc(CN(O)Cc2ccccc2)cc1)C(OC(=O)c1ccc(CN(O)Cc2ccccc2)cc1)(OC(=O)c1ccc(CN(O)Cc2ccccc2)cc1)OC(=O)c1ccc(CN(O)Cc2ccccc2)cc1. The van der Waals surface area contributed by atoms with Crippen molar-refractivity contribution in [2.45, 2.75) is 72.2 Å². The van der Waals surface area contributed by atoms with Crippen LogP contribution in [0.25, 0.3) is 0 Å². The van der Waals surface area contributed by atoms with E-state index < -0.39 is 41.9 Å². The van der Waals surface area contributed by atoms with Crippen molar-refractivity contribution in [2.24, 2.45) is 5.41 Å². The van der Waals surface area contributed by atoms with Crippen molar-refractivity contribution < 1.29 is 59.0 Å². The number of hydrogen-bond acceptors (Lipinski definition) is 16. The summed E-state index contributed by atoms with van der Waals surface area (Å²) in [6.07, 6.45) is 0. The van der Waals surface area contributed by atoms with E-state index >= 15 is 0 Å². The number of hydrogen-bond donors (Lipinski definition) is 4. The molecule has 4 N–H and O–H groups in total. The van der Waals surface area contributed by atoms with Crippen LogP contribution in [-0.2, 0) is 71.3 Å². The highest BCUT2D eigenvalue weighted by molar-refractivity contribution is 5.93. The largest absolute Gasteiger partial charge is 0.461 e. The van der Waals surface area contributed by atoms with Gasteiger partial charge in [-0.25, -0.2) is 19.2 Å². The highest BCUT2D eigenvalue weighted by Gasteiger charge is 2.58. The van der Waals surface area contributed by atoms with E-state index in [9.17, 15) is 40.0 Å². The summed E-state index contributed by atoms with van der Waals surface area (Å²) < 4.78 is 24.5. The lowest BCUT2D eigenvalue weighted by Crippen LogP contribution is -2.57. The third-order valence-corrected chi connectivity index (χ3v) is 13.1. The van der Waals surface area contributed by atoms with Gasteiger partial charge < -0.3 is 39.8 Å². The quantitative estimate of drug-likeness (QED) is 0.0227. The predicted octanol–water partition coefficient (Wildman–Crippen LogP) is 11.7. The first-order valence-corrected chi connectivity index (χ1v) is 26.2. The lowest BCUT2D eigenvalue weighted by molar-refractivity contribution is -0.357. The van der Waals surface area contributed by atoms with Gasteiger partial charge in [0.1, 0.15) is 12.0 Å². The van der Waals surface area contributed by atoms with Crippen LogP contribution in [0.4, 0.5) is 0 Å². The van der Waals surface area contributed by atoms with E-state index in [0.717, 1.165) is 42.5 Å². The fourth-order valence-corrected chi connectivity index (χ4v) is 8.67. The molecule has 0 bridgehead atoms. The molecular formula is C65H64N4O12. The Morgan fingerprint density at radius 2 is 0.506 bits per heavy atom. The fraction of sp³-hybridized carbons (Fsp3) is 0.200. The molecular weight excluding hydrogens is 1030 g/mol. The van der Waals surface area contributed by atoms with Gasteiger partial charge in [-0.15, -0.1) is 0 Å². The zero-order chi connectivity index (χ0) is 57.2. The molecule has 8 aromatic carbocycles. The van der Waals surface area contributed by atoms with Crippen LogP contribution in [-0.4, -0.2) is 77.5 Å². The highest BCUT2D eigenvalue weighted by Crippen LogP contribution is 2.40. The maximum Gasteiger partial charge on any atom is 0.432 e. The molecule has 0 spiro atoms. The summed E-state index contributed by atoms with van der Waals surface area (Å²) in [5.74, 6) is -7.09. The van der Waals surface area contributed by atoms with E-state index in [1.165, 1.54) is 62.4 Å². The van der Waals surface area contributed by atoms with Crippen molar-refractivity contribution in [1.29, 1.82) is 0 Å². The van der Waals surface area contributed by atoms with Crippen LogP contribution in [0.2, 0.25) is 0 Å². The zero-order valence-corrected chi connectivity index (χ0v) is 45.0. The minimum Gasteiger partial charge on any atom is -0.461 e. The first-order valence-electron chi connectivity index (χ1n) is 26.2. The van der Waals surface area contributed by atoms with Crippen molar-refractivity contribution in [1.82, 2.24) is 20.3 Å². The van der Waals surface area contributed by atoms with Gasteiger partial charge in [0.25, 0.3) is 0 Å². The monoisotopic (exact) mass is 1090 g/mol. The molecule has 0 aliphatic heterocycles. The van der Waals surface area contributed by atoms with E-state index in [4.69, 9.17) is 18.9 Å². The van der Waals surface area contributed by atoms with Gasteiger partial charge in [-0.1, -0.05) is 170 Å². The van der Waals surface area contributed by atoms with Crippen LogP contribution in [0, 0.1) is 5.41 Å². The average Bonchev–Trinajstić information content (AvgIpc) is 3.46. The van der Waals surface area contributed by atoms with Gasteiger partial charge in [0.2, 0.25) is 0 Å². The summed E-state index contributed by atoms with van der Waals surface area (Å²) >= 11 is 0. The van der Waals surface area contributed by atoms with Crippen LogP contribution in [0.3, 0.4) is 0 Å². The van der Waals surface area contributed by atoms with E-state index in [2.05, 4.69) is 0 Å². The molecule has 0 aliphatic carbocycles. The van der Waals surface area contributed by atoms with E-state index in [1.807, 2.05) is 121 Å². The molecule has 0 fully saturated rings. The Bertz CT molecular complexity index is 3020. The van der Waals surface area contributed by atoms with Gasteiger partial charge in [-0.05, 0) is 107 Å². The van der Waals surface area contributed by atoms with Gasteiger partial charge in [0.15, 0.2) is 0 Å². The van der Waals surface area contributed by atoms with Crippen molar-refractivity contribution in [3.63, 3.8) is 0 Å². The summed E-state index contributed by atoms with van der Waals surface area (Å²) in [5, 5.41) is 47.5. The summed E-state index contributed by atoms with van der Waals surface area (Å²) in [5.41, 5.74) is 4.24. The normalized spacial score (nSPS) is 11.7. The van der Waals surface area contributed by atoms with Crippen LogP contribution in [0.1, 0.15) is 99.8 Å². The van der Waals surface area contributed by atoms with Gasteiger partial charge in [-0.2, -0.15) is 20.3 Å². The average molecular weight is 1090 g/mol. The summed E-state index contributed by atoms with van der Waals surface area (Å²) in [6.45, 7) is 3.65. The molecule has 0 unspecified atom stereocenters. The molecule has 0 radical (unpaired) electrons. The number of carbonyl (C=O) groups excluding carboxylic acids is 4. The summed E-state index contributed by atoms with van der Waals surface area (Å²) in [4.78, 5) is 57.7. The van der Waals surface area contributed by atoms with Gasteiger partial charge >= 0.3 is 29.9 Å². The fourth-order valence-electron chi connectivity index (χ4n) is 8.67. The Hall–Kier alpha value is -8.68. The zero-order valence-electron chi connectivity index (χ0n) is 45.0. The molecule has 0 atom stereocenters. The minimum absolute atomic E-state index is 0.0531. The molecule has 0 aromatic heterocycles. The molecule has 416 valence electrons. The molecule has 0 aliphatic rings. The second-order valence-electron chi connectivity index (χ2n) is 20.2. The molecule has 0 saturated carbocycles. The Morgan fingerprint density at radius 3 is 0.728 bits per heavy atom. The van der Waals surface area contributed by atoms with Gasteiger partial charge in [0.05, 0.1) is 22.3 Å². The van der Waals surface area contributed by atoms with Gasteiger partial charge in [-0.3, -0.25) is 0 Å². The topological polar surface area (TPSA) is 199 Å². The second kappa shape index (κ2) is 28.0. The number of rotatable bonds is 26. The number of nitrogens with zero attached hydrogens (tertiary/aromatic N) is 4. The van der Waals surface area contributed by atoms with Gasteiger partial charge in [0, 0.05) is 52.4 Å². The van der Waals surface area contributed by atoms with E-state index in [1.54, 1.807) is 48.5 Å². The van der Waals surface area contributed by atoms with Crippen molar-refractivity contribution in [3.8, 4) is 0 Å². The third kappa shape index (κ3) is 17.2. The van der Waals surface area contributed by atoms with Crippen molar-refractivity contribution in [2.75, 3.05) is 6.61 Å². The highest BCUT2D eigenvalue weighted by atomic mass is 16.9. The number of benzene rings is 8. The molecule has 16 heteroatoms. The lowest BCUT2D eigenvalue weighted by atomic mass is 9.90. The van der Waals surface area contributed by atoms with E-state index in [0.29, 0.717) is 22.3 Å². The van der Waals surface area contributed by atoms with Crippen molar-refractivity contribution >= 4 is 23.9 Å².